The van der Waals surface area contributed by atoms with E-state index in [1.807, 2.05) is 19.2 Å². The Kier molecular flexibility index (Phi) is 2.92. The summed E-state index contributed by atoms with van der Waals surface area (Å²) in [5.74, 6) is 0.268. The van der Waals surface area contributed by atoms with E-state index < -0.39 is 0 Å². The van der Waals surface area contributed by atoms with E-state index in [0.29, 0.717) is 6.54 Å². The normalized spacial score (nSPS) is 10.6. The second-order valence-corrected chi connectivity index (χ2v) is 3.70. The van der Waals surface area contributed by atoms with Crippen molar-refractivity contribution in [2.75, 3.05) is 6.54 Å². The molecule has 16 heavy (non-hydrogen) atoms. The van der Waals surface area contributed by atoms with Gasteiger partial charge in [0.1, 0.15) is 5.75 Å². The van der Waals surface area contributed by atoms with E-state index in [1.54, 1.807) is 23.0 Å². The maximum Gasteiger partial charge on any atom is 0.124 e. The van der Waals surface area contributed by atoms with Gasteiger partial charge >= 0.3 is 0 Å². The van der Waals surface area contributed by atoms with E-state index >= 15 is 0 Å². The van der Waals surface area contributed by atoms with Crippen molar-refractivity contribution in [2.45, 2.75) is 6.42 Å². The van der Waals surface area contributed by atoms with E-state index in [0.717, 1.165) is 23.2 Å². The van der Waals surface area contributed by atoms with Crippen LogP contribution in [0.5, 0.6) is 5.75 Å². The molecule has 2 aromatic rings. The predicted molar refractivity (Wildman–Crippen MR) is 63.1 cm³/mol. The maximum absolute atomic E-state index is 9.83. The van der Waals surface area contributed by atoms with Gasteiger partial charge in [-0.3, -0.25) is 4.68 Å². The lowest BCUT2D eigenvalue weighted by Crippen LogP contribution is -2.04. The first-order chi connectivity index (χ1) is 7.74. The summed E-state index contributed by atoms with van der Waals surface area (Å²) in [4.78, 5) is 0. The quantitative estimate of drug-likeness (QED) is 0.814. The van der Waals surface area contributed by atoms with Crippen molar-refractivity contribution in [1.82, 2.24) is 9.78 Å². The van der Waals surface area contributed by atoms with Crippen molar-refractivity contribution in [3.05, 3.63) is 36.0 Å². The van der Waals surface area contributed by atoms with Gasteiger partial charge in [-0.05, 0) is 30.7 Å². The lowest BCUT2D eigenvalue weighted by atomic mass is 10.0. The highest BCUT2D eigenvalue weighted by molar-refractivity contribution is 5.69. The van der Waals surface area contributed by atoms with Gasteiger partial charge in [-0.2, -0.15) is 5.10 Å². The average molecular weight is 217 g/mol. The molecule has 0 unspecified atom stereocenters. The minimum atomic E-state index is 0.268. The van der Waals surface area contributed by atoms with Crippen LogP contribution >= 0.6 is 0 Å². The Hall–Kier alpha value is -1.81. The number of phenolic OH excluding ortho intramolecular Hbond substituents is 1. The minimum absolute atomic E-state index is 0.268. The third kappa shape index (κ3) is 1.79. The van der Waals surface area contributed by atoms with Crippen LogP contribution in [0.2, 0.25) is 0 Å². The molecule has 0 saturated carbocycles. The Balaban J connectivity index is 2.54. The first-order valence-corrected chi connectivity index (χ1v) is 5.23. The molecule has 3 N–H and O–H groups in total. The number of hydrogen-bond acceptors (Lipinski definition) is 3. The number of aromatic nitrogens is 2. The van der Waals surface area contributed by atoms with Crippen molar-refractivity contribution in [3.63, 3.8) is 0 Å². The van der Waals surface area contributed by atoms with Gasteiger partial charge in [-0.15, -0.1) is 0 Å². The largest absolute Gasteiger partial charge is 0.507 e. The Morgan fingerprint density at radius 2 is 2.12 bits per heavy atom. The molecule has 0 fully saturated rings. The van der Waals surface area contributed by atoms with Gasteiger partial charge < -0.3 is 10.8 Å². The Morgan fingerprint density at radius 1 is 1.38 bits per heavy atom. The van der Waals surface area contributed by atoms with Gasteiger partial charge in [-0.25, -0.2) is 0 Å². The van der Waals surface area contributed by atoms with Crippen LogP contribution in [-0.4, -0.2) is 21.4 Å². The van der Waals surface area contributed by atoms with Crippen molar-refractivity contribution in [2.24, 2.45) is 12.8 Å². The van der Waals surface area contributed by atoms with Gasteiger partial charge in [0.2, 0.25) is 0 Å². The molecule has 4 heteroatoms. The lowest BCUT2D eigenvalue weighted by Gasteiger charge is -2.07. The zero-order valence-electron chi connectivity index (χ0n) is 9.22. The highest BCUT2D eigenvalue weighted by Crippen LogP contribution is 2.30. The molecule has 0 bridgehead atoms. The highest BCUT2D eigenvalue weighted by Gasteiger charge is 2.12. The smallest absolute Gasteiger partial charge is 0.124 e. The van der Waals surface area contributed by atoms with E-state index in [9.17, 15) is 5.11 Å². The summed E-state index contributed by atoms with van der Waals surface area (Å²) < 4.78 is 1.76. The van der Waals surface area contributed by atoms with Crippen LogP contribution < -0.4 is 5.73 Å². The number of benzene rings is 1. The fraction of sp³-hybridized carbons (Fsp3) is 0.250. The first kappa shape index (κ1) is 10.7. The molecule has 0 atom stereocenters. The molecule has 1 aromatic heterocycles. The average Bonchev–Trinajstić information content (AvgIpc) is 2.62. The molecule has 1 heterocycles. The molecule has 0 saturated heterocycles. The number of para-hydroxylation sites is 1. The molecule has 0 spiro atoms. The monoisotopic (exact) mass is 217 g/mol. The second-order valence-electron chi connectivity index (χ2n) is 3.70. The van der Waals surface area contributed by atoms with Gasteiger partial charge in [0, 0.05) is 12.6 Å². The number of phenols is 1. The molecule has 0 aliphatic heterocycles. The molecule has 2 rings (SSSR count). The standard InChI is InChI=1S/C12H15N3O/c1-15-12(9(6-7-13)8-14-15)10-4-2-3-5-11(10)16/h2-5,8,16H,6-7,13H2,1H3. The fourth-order valence-electron chi connectivity index (χ4n) is 1.84. The Labute approximate surface area is 94.3 Å². The van der Waals surface area contributed by atoms with Crippen molar-refractivity contribution in [1.29, 1.82) is 0 Å². The predicted octanol–water partition coefficient (Wildman–Crippen LogP) is 1.29. The molecular formula is C12H15N3O. The van der Waals surface area contributed by atoms with E-state index in [-0.39, 0.29) is 5.75 Å². The number of hydrogen-bond donors (Lipinski definition) is 2. The molecule has 4 nitrogen and oxygen atoms in total. The molecule has 0 radical (unpaired) electrons. The van der Waals surface area contributed by atoms with Crippen LogP contribution in [0, 0.1) is 0 Å². The summed E-state index contributed by atoms with van der Waals surface area (Å²) >= 11 is 0. The summed E-state index contributed by atoms with van der Waals surface area (Å²) in [7, 11) is 1.86. The number of nitrogens with two attached hydrogens (primary N) is 1. The van der Waals surface area contributed by atoms with Gasteiger partial charge in [0.15, 0.2) is 0 Å². The molecule has 0 amide bonds. The third-order valence-electron chi connectivity index (χ3n) is 2.59. The minimum Gasteiger partial charge on any atom is -0.507 e. The summed E-state index contributed by atoms with van der Waals surface area (Å²) in [6, 6.07) is 7.26. The van der Waals surface area contributed by atoms with Gasteiger partial charge in [-0.1, -0.05) is 12.1 Å². The van der Waals surface area contributed by atoms with Crippen molar-refractivity contribution < 1.29 is 5.11 Å². The van der Waals surface area contributed by atoms with Crippen LogP contribution in [0.25, 0.3) is 11.3 Å². The van der Waals surface area contributed by atoms with E-state index in [2.05, 4.69) is 5.10 Å². The van der Waals surface area contributed by atoms with Crippen LogP contribution in [0.1, 0.15) is 5.56 Å². The summed E-state index contributed by atoms with van der Waals surface area (Å²) in [5.41, 5.74) is 8.35. The summed E-state index contributed by atoms with van der Waals surface area (Å²) in [5, 5.41) is 14.0. The summed E-state index contributed by atoms with van der Waals surface area (Å²) in [6.07, 6.45) is 2.56. The van der Waals surface area contributed by atoms with Crippen LogP contribution in [0.3, 0.4) is 0 Å². The second kappa shape index (κ2) is 4.37. The zero-order valence-corrected chi connectivity index (χ0v) is 9.22. The maximum atomic E-state index is 9.83. The SMILES string of the molecule is Cn1ncc(CCN)c1-c1ccccc1O. The van der Waals surface area contributed by atoms with Crippen LogP contribution in [0.4, 0.5) is 0 Å². The first-order valence-electron chi connectivity index (χ1n) is 5.23. The number of aryl methyl sites for hydroxylation is 1. The number of aromatic hydroxyl groups is 1. The molecule has 0 aliphatic rings. The Bertz CT molecular complexity index is 491. The van der Waals surface area contributed by atoms with E-state index in [1.165, 1.54) is 0 Å². The molecule has 1 aromatic carbocycles. The molecule has 0 aliphatic carbocycles. The zero-order chi connectivity index (χ0) is 11.5. The van der Waals surface area contributed by atoms with Crippen molar-refractivity contribution in [3.8, 4) is 17.0 Å². The molecule has 84 valence electrons. The van der Waals surface area contributed by atoms with Gasteiger partial charge in [0.05, 0.1) is 11.9 Å². The van der Waals surface area contributed by atoms with Crippen LogP contribution in [0.15, 0.2) is 30.5 Å². The number of nitrogens with zero attached hydrogens (tertiary/aromatic N) is 2. The lowest BCUT2D eigenvalue weighted by molar-refractivity contribution is 0.476. The summed E-state index contributed by atoms with van der Waals surface area (Å²) in [6.45, 7) is 0.576. The highest BCUT2D eigenvalue weighted by atomic mass is 16.3. The van der Waals surface area contributed by atoms with Gasteiger partial charge in [0.25, 0.3) is 0 Å². The fourth-order valence-corrected chi connectivity index (χ4v) is 1.84. The van der Waals surface area contributed by atoms with Crippen LogP contribution in [-0.2, 0) is 13.5 Å². The van der Waals surface area contributed by atoms with Crippen molar-refractivity contribution >= 4 is 0 Å². The molecular weight excluding hydrogens is 202 g/mol. The Morgan fingerprint density at radius 3 is 2.81 bits per heavy atom. The third-order valence-corrected chi connectivity index (χ3v) is 2.59. The topological polar surface area (TPSA) is 64.1 Å². The van der Waals surface area contributed by atoms with E-state index in [4.69, 9.17) is 5.73 Å². The number of rotatable bonds is 3.